The van der Waals surface area contributed by atoms with Crippen LogP contribution < -0.4 is 14.8 Å². The molecular weight excluding hydrogens is 310 g/mol. The number of ether oxygens (including phenoxy) is 3. The van der Waals surface area contributed by atoms with Crippen LogP contribution >= 0.6 is 0 Å². The van der Waals surface area contributed by atoms with Gasteiger partial charge in [0.25, 0.3) is 5.91 Å². The topological polar surface area (TPSA) is 73.9 Å². The van der Waals surface area contributed by atoms with Gasteiger partial charge in [-0.15, -0.1) is 0 Å². The molecule has 0 saturated heterocycles. The summed E-state index contributed by atoms with van der Waals surface area (Å²) in [5.41, 5.74) is 0.282. The molecule has 132 valence electrons. The van der Waals surface area contributed by atoms with Crippen molar-refractivity contribution in [1.29, 1.82) is 0 Å². The molecule has 1 saturated carbocycles. The minimum absolute atomic E-state index is 0.168. The molecule has 0 heterocycles. The lowest BCUT2D eigenvalue weighted by Crippen LogP contribution is -2.42. The summed E-state index contributed by atoms with van der Waals surface area (Å²) in [6, 6.07) is 4.92. The SMILES string of the molecule is COc1cc(OC)cc(C(=O)OCC(=O)NC2CCCCC2C)c1. The van der Waals surface area contributed by atoms with Gasteiger partial charge >= 0.3 is 5.97 Å². The minimum Gasteiger partial charge on any atom is -0.497 e. The molecule has 6 nitrogen and oxygen atoms in total. The van der Waals surface area contributed by atoms with Crippen LogP contribution in [0.5, 0.6) is 11.5 Å². The maximum absolute atomic E-state index is 12.1. The summed E-state index contributed by atoms with van der Waals surface area (Å²) in [4.78, 5) is 24.1. The summed E-state index contributed by atoms with van der Waals surface area (Å²) in [5.74, 6) is 0.584. The van der Waals surface area contributed by atoms with Crippen LogP contribution in [0.3, 0.4) is 0 Å². The van der Waals surface area contributed by atoms with Gasteiger partial charge in [0.05, 0.1) is 19.8 Å². The molecule has 24 heavy (non-hydrogen) atoms. The molecule has 1 amide bonds. The van der Waals surface area contributed by atoms with Gasteiger partial charge in [0.2, 0.25) is 0 Å². The third-order valence-electron chi connectivity index (χ3n) is 4.38. The number of amides is 1. The first-order valence-electron chi connectivity index (χ1n) is 8.23. The van der Waals surface area contributed by atoms with Crippen molar-refractivity contribution in [2.75, 3.05) is 20.8 Å². The number of rotatable bonds is 6. The first-order valence-corrected chi connectivity index (χ1v) is 8.23. The van der Waals surface area contributed by atoms with E-state index in [0.717, 1.165) is 19.3 Å². The van der Waals surface area contributed by atoms with Gasteiger partial charge in [-0.2, -0.15) is 0 Å². The molecule has 1 aromatic rings. The van der Waals surface area contributed by atoms with Crippen LogP contribution in [-0.4, -0.2) is 38.7 Å². The molecule has 0 spiro atoms. The van der Waals surface area contributed by atoms with Crippen molar-refractivity contribution in [2.45, 2.75) is 38.6 Å². The van der Waals surface area contributed by atoms with Gasteiger partial charge in [0.15, 0.2) is 6.61 Å². The monoisotopic (exact) mass is 335 g/mol. The van der Waals surface area contributed by atoms with E-state index in [1.807, 2.05) is 0 Å². The standard InChI is InChI=1S/C18H25NO5/c1-12-6-4-5-7-16(12)19-17(20)11-24-18(21)13-8-14(22-2)10-15(9-13)23-3/h8-10,12,16H,4-7,11H2,1-3H3,(H,19,20). The van der Waals surface area contributed by atoms with Crippen molar-refractivity contribution < 1.29 is 23.8 Å². The Hall–Kier alpha value is -2.24. The van der Waals surface area contributed by atoms with Crippen LogP contribution in [0.25, 0.3) is 0 Å². The highest BCUT2D eigenvalue weighted by atomic mass is 16.5. The molecular formula is C18H25NO5. The second-order valence-corrected chi connectivity index (χ2v) is 6.11. The Morgan fingerprint density at radius 1 is 1.08 bits per heavy atom. The highest BCUT2D eigenvalue weighted by Crippen LogP contribution is 2.24. The molecule has 1 aliphatic carbocycles. The van der Waals surface area contributed by atoms with E-state index < -0.39 is 5.97 Å². The second-order valence-electron chi connectivity index (χ2n) is 6.11. The average molecular weight is 335 g/mol. The Labute approximate surface area is 142 Å². The lowest BCUT2D eigenvalue weighted by atomic mass is 9.86. The van der Waals surface area contributed by atoms with Gasteiger partial charge in [-0.3, -0.25) is 4.79 Å². The summed E-state index contributed by atoms with van der Waals surface area (Å²) < 4.78 is 15.3. The van der Waals surface area contributed by atoms with Crippen molar-refractivity contribution in [1.82, 2.24) is 5.32 Å². The van der Waals surface area contributed by atoms with Gasteiger partial charge in [0.1, 0.15) is 11.5 Å². The Balaban J connectivity index is 1.89. The Morgan fingerprint density at radius 3 is 2.29 bits per heavy atom. The number of carbonyl (C=O) groups is 2. The number of nitrogens with one attached hydrogen (secondary N) is 1. The van der Waals surface area contributed by atoms with Crippen LogP contribution in [-0.2, 0) is 9.53 Å². The molecule has 0 bridgehead atoms. The molecule has 0 aliphatic heterocycles. The van der Waals surface area contributed by atoms with Crippen LogP contribution in [0, 0.1) is 5.92 Å². The fraction of sp³-hybridized carbons (Fsp3) is 0.556. The van der Waals surface area contributed by atoms with Crippen LogP contribution in [0.2, 0.25) is 0 Å². The van der Waals surface area contributed by atoms with Gasteiger partial charge < -0.3 is 19.5 Å². The summed E-state index contributed by atoms with van der Waals surface area (Å²) in [6.45, 7) is 1.85. The normalized spacial score (nSPS) is 20.1. The number of benzene rings is 1. The smallest absolute Gasteiger partial charge is 0.338 e. The molecule has 0 radical (unpaired) electrons. The number of hydrogen-bond donors (Lipinski definition) is 1. The minimum atomic E-state index is -0.584. The van der Waals surface area contributed by atoms with Crippen molar-refractivity contribution in [2.24, 2.45) is 5.92 Å². The van der Waals surface area contributed by atoms with Crippen molar-refractivity contribution in [3.8, 4) is 11.5 Å². The third-order valence-corrected chi connectivity index (χ3v) is 4.38. The van der Waals surface area contributed by atoms with Crippen molar-refractivity contribution in [3.63, 3.8) is 0 Å². The highest BCUT2D eigenvalue weighted by Gasteiger charge is 2.23. The molecule has 2 atom stereocenters. The van der Waals surface area contributed by atoms with Crippen molar-refractivity contribution in [3.05, 3.63) is 23.8 Å². The van der Waals surface area contributed by atoms with Crippen LogP contribution in [0.1, 0.15) is 43.0 Å². The summed E-state index contributed by atoms with van der Waals surface area (Å²) in [5, 5.41) is 2.96. The lowest BCUT2D eigenvalue weighted by molar-refractivity contribution is -0.125. The predicted octanol–water partition coefficient (Wildman–Crippen LogP) is 2.56. The number of methoxy groups -OCH3 is 2. The fourth-order valence-corrected chi connectivity index (χ4v) is 2.92. The first kappa shape index (κ1) is 18.1. The average Bonchev–Trinajstić information content (AvgIpc) is 2.61. The Bertz CT molecular complexity index is 565. The molecule has 2 unspecified atom stereocenters. The zero-order chi connectivity index (χ0) is 17.5. The lowest BCUT2D eigenvalue weighted by Gasteiger charge is -2.29. The van der Waals surface area contributed by atoms with Gasteiger partial charge in [-0.1, -0.05) is 19.8 Å². The molecule has 0 aromatic heterocycles. The second kappa shape index (κ2) is 8.57. The van der Waals surface area contributed by atoms with E-state index in [4.69, 9.17) is 14.2 Å². The third kappa shape index (κ3) is 4.88. The molecule has 1 aromatic carbocycles. The van der Waals surface area contributed by atoms with E-state index >= 15 is 0 Å². The van der Waals surface area contributed by atoms with E-state index in [2.05, 4.69) is 12.2 Å². The van der Waals surface area contributed by atoms with E-state index in [1.54, 1.807) is 18.2 Å². The van der Waals surface area contributed by atoms with Gasteiger partial charge in [-0.05, 0) is 30.9 Å². The summed E-state index contributed by atoms with van der Waals surface area (Å²) in [6.07, 6.45) is 4.43. The predicted molar refractivity (Wildman–Crippen MR) is 89.4 cm³/mol. The molecule has 1 fully saturated rings. The molecule has 1 aliphatic rings. The molecule has 1 N–H and O–H groups in total. The summed E-state index contributed by atoms with van der Waals surface area (Å²) in [7, 11) is 3.01. The Kier molecular flexibility index (Phi) is 6.46. The largest absolute Gasteiger partial charge is 0.497 e. The first-order chi connectivity index (χ1) is 11.5. The highest BCUT2D eigenvalue weighted by molar-refractivity contribution is 5.92. The van der Waals surface area contributed by atoms with E-state index in [0.29, 0.717) is 17.4 Å². The van der Waals surface area contributed by atoms with Crippen molar-refractivity contribution >= 4 is 11.9 Å². The molecule has 6 heteroatoms. The number of esters is 1. The molecule has 2 rings (SSSR count). The zero-order valence-electron chi connectivity index (χ0n) is 14.5. The fourth-order valence-electron chi connectivity index (χ4n) is 2.92. The van der Waals surface area contributed by atoms with E-state index in [-0.39, 0.29) is 24.1 Å². The quantitative estimate of drug-likeness (QED) is 0.809. The Morgan fingerprint density at radius 2 is 1.71 bits per heavy atom. The number of carbonyl (C=O) groups excluding carboxylic acids is 2. The summed E-state index contributed by atoms with van der Waals surface area (Å²) >= 11 is 0. The van der Waals surface area contributed by atoms with Crippen LogP contribution in [0.4, 0.5) is 0 Å². The maximum atomic E-state index is 12.1. The van der Waals surface area contributed by atoms with Gasteiger partial charge in [-0.25, -0.2) is 4.79 Å². The zero-order valence-corrected chi connectivity index (χ0v) is 14.5. The number of hydrogen-bond acceptors (Lipinski definition) is 5. The van der Waals surface area contributed by atoms with E-state index in [9.17, 15) is 9.59 Å². The van der Waals surface area contributed by atoms with Gasteiger partial charge in [0, 0.05) is 12.1 Å². The maximum Gasteiger partial charge on any atom is 0.338 e. The van der Waals surface area contributed by atoms with Crippen LogP contribution in [0.15, 0.2) is 18.2 Å². The van der Waals surface area contributed by atoms with E-state index in [1.165, 1.54) is 20.6 Å².